The highest BCUT2D eigenvalue weighted by atomic mass is 17.0. The molecular weight excluding hydrogens is 330 g/mol. The standard InChI is InChI=1S/C21H39NO4/c1-2-3-4-5-6-7-8-9-10-11-12-13-14-15-16-20-17-21(19-25-18-20)26-22(23)24/h15-16,20-21H,2-14,17-19H2,1H3. The van der Waals surface area contributed by atoms with Gasteiger partial charge in [0.25, 0.3) is 5.09 Å². The summed E-state index contributed by atoms with van der Waals surface area (Å²) in [6.45, 7) is 3.24. The number of hydrogen-bond donors (Lipinski definition) is 0. The fourth-order valence-corrected chi connectivity index (χ4v) is 3.55. The second-order valence-electron chi connectivity index (χ2n) is 7.59. The van der Waals surface area contributed by atoms with Crippen LogP contribution in [0.25, 0.3) is 0 Å². The third-order valence-corrected chi connectivity index (χ3v) is 5.07. The maximum Gasteiger partial charge on any atom is 0.294 e. The molecular formula is C21H39NO4. The minimum absolute atomic E-state index is 0.242. The Balaban J connectivity index is 1.88. The minimum Gasteiger partial charge on any atom is -0.379 e. The summed E-state index contributed by atoms with van der Waals surface area (Å²) in [5, 5.41) is 9.67. The maximum atomic E-state index is 10.4. The highest BCUT2D eigenvalue weighted by Crippen LogP contribution is 2.19. The molecule has 2 atom stereocenters. The van der Waals surface area contributed by atoms with E-state index in [0.29, 0.717) is 19.6 Å². The molecule has 1 heterocycles. The summed E-state index contributed by atoms with van der Waals surface area (Å²) in [6.07, 6.45) is 22.1. The predicted octanol–water partition coefficient (Wildman–Crippen LogP) is 6.25. The van der Waals surface area contributed by atoms with Crippen molar-refractivity contribution in [3.63, 3.8) is 0 Å². The Morgan fingerprint density at radius 1 is 0.962 bits per heavy atom. The number of ether oxygens (including phenoxy) is 1. The van der Waals surface area contributed by atoms with Gasteiger partial charge in [-0.25, -0.2) is 0 Å². The number of hydrogen-bond acceptors (Lipinski definition) is 4. The Morgan fingerprint density at radius 2 is 1.54 bits per heavy atom. The molecule has 0 bridgehead atoms. The molecule has 1 fully saturated rings. The first-order valence-corrected chi connectivity index (χ1v) is 10.8. The summed E-state index contributed by atoms with van der Waals surface area (Å²) in [4.78, 5) is 15.0. The largest absolute Gasteiger partial charge is 0.379 e. The predicted molar refractivity (Wildman–Crippen MR) is 106 cm³/mol. The van der Waals surface area contributed by atoms with Crippen molar-refractivity contribution in [1.82, 2.24) is 0 Å². The summed E-state index contributed by atoms with van der Waals surface area (Å²) in [6, 6.07) is 0. The average Bonchev–Trinajstić information content (AvgIpc) is 2.62. The normalized spacial score (nSPS) is 20.5. The molecule has 26 heavy (non-hydrogen) atoms. The molecule has 5 nitrogen and oxygen atoms in total. The summed E-state index contributed by atoms with van der Waals surface area (Å²) in [5.41, 5.74) is 0. The fraction of sp³-hybridized carbons (Fsp3) is 0.905. The SMILES string of the molecule is CCCCCCCCCCCCCCC=CC1COCC(O[N+](=O)[O-])C1. The quantitative estimate of drug-likeness (QED) is 0.140. The molecule has 2 unspecified atom stereocenters. The van der Waals surface area contributed by atoms with E-state index in [1.165, 1.54) is 77.0 Å². The van der Waals surface area contributed by atoms with Crippen LogP contribution in [0.2, 0.25) is 0 Å². The van der Waals surface area contributed by atoms with Crippen molar-refractivity contribution in [2.75, 3.05) is 13.2 Å². The maximum absolute atomic E-state index is 10.4. The van der Waals surface area contributed by atoms with Crippen molar-refractivity contribution < 1.29 is 14.7 Å². The summed E-state index contributed by atoms with van der Waals surface area (Å²) >= 11 is 0. The molecule has 1 aliphatic heterocycles. The first-order valence-electron chi connectivity index (χ1n) is 10.8. The molecule has 5 heteroatoms. The van der Waals surface area contributed by atoms with Gasteiger partial charge in [0.15, 0.2) is 0 Å². The van der Waals surface area contributed by atoms with Gasteiger partial charge in [0.2, 0.25) is 0 Å². The van der Waals surface area contributed by atoms with Gasteiger partial charge in [-0.1, -0.05) is 89.7 Å². The highest BCUT2D eigenvalue weighted by molar-refractivity contribution is 4.91. The minimum atomic E-state index is -0.716. The van der Waals surface area contributed by atoms with Crippen LogP contribution >= 0.6 is 0 Å². The lowest BCUT2D eigenvalue weighted by Gasteiger charge is -2.25. The zero-order chi connectivity index (χ0) is 18.9. The second-order valence-corrected chi connectivity index (χ2v) is 7.59. The molecule has 152 valence electrons. The van der Waals surface area contributed by atoms with Gasteiger partial charge in [0.05, 0.1) is 13.2 Å². The molecule has 0 aromatic carbocycles. The van der Waals surface area contributed by atoms with Crippen LogP contribution in [0.4, 0.5) is 0 Å². The number of nitrogens with zero attached hydrogens (tertiary/aromatic N) is 1. The molecule has 0 aromatic heterocycles. The summed E-state index contributed by atoms with van der Waals surface area (Å²) < 4.78 is 5.38. The molecule has 0 saturated carbocycles. The van der Waals surface area contributed by atoms with Gasteiger partial charge in [-0.2, -0.15) is 0 Å². The van der Waals surface area contributed by atoms with Crippen LogP contribution in [-0.2, 0) is 9.57 Å². The number of rotatable bonds is 16. The zero-order valence-corrected chi connectivity index (χ0v) is 16.7. The first kappa shape index (κ1) is 22.9. The van der Waals surface area contributed by atoms with Gasteiger partial charge < -0.3 is 9.57 Å². The van der Waals surface area contributed by atoms with E-state index >= 15 is 0 Å². The van der Waals surface area contributed by atoms with E-state index in [4.69, 9.17) is 4.74 Å². The molecule has 0 spiro atoms. The fourth-order valence-electron chi connectivity index (χ4n) is 3.55. The second kappa shape index (κ2) is 16.1. The van der Waals surface area contributed by atoms with E-state index in [0.717, 1.165) is 6.42 Å². The van der Waals surface area contributed by atoms with Gasteiger partial charge >= 0.3 is 0 Å². The Labute approximate surface area is 159 Å². The summed E-state index contributed by atoms with van der Waals surface area (Å²) in [7, 11) is 0. The van der Waals surface area contributed by atoms with E-state index in [-0.39, 0.29) is 5.92 Å². The van der Waals surface area contributed by atoms with Crippen LogP contribution in [0.15, 0.2) is 12.2 Å². The third kappa shape index (κ3) is 13.2. The topological polar surface area (TPSA) is 61.6 Å². The van der Waals surface area contributed by atoms with Gasteiger partial charge in [-0.15, -0.1) is 10.1 Å². The van der Waals surface area contributed by atoms with Crippen LogP contribution < -0.4 is 0 Å². The van der Waals surface area contributed by atoms with E-state index in [9.17, 15) is 10.1 Å². The van der Waals surface area contributed by atoms with E-state index in [2.05, 4.69) is 23.9 Å². The lowest BCUT2D eigenvalue weighted by Crippen LogP contribution is -2.32. The molecule has 1 saturated heterocycles. The van der Waals surface area contributed by atoms with Gasteiger partial charge in [-0.05, 0) is 19.3 Å². The van der Waals surface area contributed by atoms with Crippen molar-refractivity contribution in [2.45, 2.75) is 103 Å². The number of unbranched alkanes of at least 4 members (excludes halogenated alkanes) is 12. The Hall–Kier alpha value is -1.10. The molecule has 0 radical (unpaired) electrons. The van der Waals surface area contributed by atoms with Crippen LogP contribution in [0.5, 0.6) is 0 Å². The third-order valence-electron chi connectivity index (χ3n) is 5.07. The smallest absolute Gasteiger partial charge is 0.294 e. The van der Waals surface area contributed by atoms with Gasteiger partial charge in [0, 0.05) is 5.92 Å². The van der Waals surface area contributed by atoms with Crippen molar-refractivity contribution in [3.05, 3.63) is 22.3 Å². The number of allylic oxidation sites excluding steroid dienone is 1. The molecule has 0 aromatic rings. The van der Waals surface area contributed by atoms with Crippen molar-refractivity contribution in [1.29, 1.82) is 0 Å². The molecule has 0 N–H and O–H groups in total. The van der Waals surface area contributed by atoms with E-state index in [1.54, 1.807) is 0 Å². The lowest BCUT2D eigenvalue weighted by atomic mass is 9.99. The molecule has 0 aliphatic carbocycles. The van der Waals surface area contributed by atoms with Crippen molar-refractivity contribution in [2.24, 2.45) is 5.92 Å². The first-order chi connectivity index (χ1) is 12.7. The van der Waals surface area contributed by atoms with E-state index in [1.807, 2.05) is 0 Å². The van der Waals surface area contributed by atoms with Crippen molar-refractivity contribution in [3.8, 4) is 0 Å². The lowest BCUT2D eigenvalue weighted by molar-refractivity contribution is -0.770. The summed E-state index contributed by atoms with van der Waals surface area (Å²) in [5.74, 6) is 0.242. The average molecular weight is 370 g/mol. The molecule has 1 rings (SSSR count). The van der Waals surface area contributed by atoms with Crippen LogP contribution in [0, 0.1) is 16.0 Å². The van der Waals surface area contributed by atoms with Crippen molar-refractivity contribution >= 4 is 0 Å². The van der Waals surface area contributed by atoms with Gasteiger partial charge in [-0.3, -0.25) is 0 Å². The highest BCUT2D eigenvalue weighted by Gasteiger charge is 2.23. The monoisotopic (exact) mass is 369 g/mol. The van der Waals surface area contributed by atoms with E-state index < -0.39 is 11.2 Å². The molecule has 0 amide bonds. The van der Waals surface area contributed by atoms with Crippen LogP contribution in [0.3, 0.4) is 0 Å². The Kier molecular flexibility index (Phi) is 14.2. The Morgan fingerprint density at radius 3 is 2.12 bits per heavy atom. The molecule has 1 aliphatic rings. The van der Waals surface area contributed by atoms with Crippen LogP contribution in [0.1, 0.15) is 96.8 Å². The zero-order valence-electron chi connectivity index (χ0n) is 16.7. The van der Waals surface area contributed by atoms with Crippen LogP contribution in [-0.4, -0.2) is 24.4 Å². The van der Waals surface area contributed by atoms with Gasteiger partial charge in [0.1, 0.15) is 6.10 Å². The Bertz CT molecular complexity index is 373.